The van der Waals surface area contributed by atoms with Crippen molar-refractivity contribution in [2.75, 3.05) is 4.90 Å². The van der Waals surface area contributed by atoms with Crippen molar-refractivity contribution in [3.05, 3.63) is 255 Å². The molecule has 2 nitrogen and oxygen atoms in total. The summed E-state index contributed by atoms with van der Waals surface area (Å²) in [4.78, 5) is 2.36. The summed E-state index contributed by atoms with van der Waals surface area (Å²) in [6, 6.07) is 92.5. The minimum Gasteiger partial charge on any atom is -0.311 e. The molecule has 12 aromatic rings. The van der Waals surface area contributed by atoms with E-state index in [1.165, 1.54) is 87.9 Å². The summed E-state index contributed by atoms with van der Waals surface area (Å²) in [5.74, 6) is 0. The Morgan fingerprint density at radius 2 is 0.609 bits per heavy atom. The highest BCUT2D eigenvalue weighted by atomic mass is 15.1. The molecule has 0 aliphatic carbocycles. The van der Waals surface area contributed by atoms with Crippen molar-refractivity contribution >= 4 is 60.4 Å². The van der Waals surface area contributed by atoms with Gasteiger partial charge in [-0.25, -0.2) is 0 Å². The number of fused-ring (bicyclic) bond motifs is 5. The molecule has 0 amide bonds. The molecule has 2 heteroatoms. The molecule has 0 saturated heterocycles. The minimum absolute atomic E-state index is 1.09. The molecule has 12 rings (SSSR count). The van der Waals surface area contributed by atoms with E-state index >= 15 is 0 Å². The molecule has 0 saturated carbocycles. The smallest absolute Gasteiger partial charge is 0.0541 e. The molecule has 1 aromatic heterocycles. The van der Waals surface area contributed by atoms with E-state index in [2.05, 4.69) is 264 Å². The highest BCUT2D eigenvalue weighted by molar-refractivity contribution is 6.09. The monoisotopic (exact) mass is 814 g/mol. The molecule has 0 radical (unpaired) electrons. The van der Waals surface area contributed by atoms with Gasteiger partial charge in [-0.3, -0.25) is 0 Å². The van der Waals surface area contributed by atoms with Gasteiger partial charge in [0.05, 0.1) is 11.0 Å². The molecule has 0 unspecified atom stereocenters. The Morgan fingerprint density at radius 3 is 1.17 bits per heavy atom. The summed E-state index contributed by atoms with van der Waals surface area (Å²) in [7, 11) is 0. The standard InChI is InChI=1S/C62H42N2/c1-2-13-45(14-3-1)55-41-42-56(58-19-7-6-18-57(55)58)48-31-35-50(36-32-48)63(51-37-39-52(40-38-51)64-61-23-10-8-20-59(61)60-21-9-11-24-62(60)64)49-33-29-44(30-34-49)43-25-27-47(28-26-43)54-22-12-16-46-15-4-5-17-53(46)54/h1-42H. The lowest BCUT2D eigenvalue weighted by Gasteiger charge is -2.26. The number of para-hydroxylation sites is 2. The van der Waals surface area contributed by atoms with Crippen LogP contribution in [0.3, 0.4) is 0 Å². The third kappa shape index (κ3) is 6.52. The lowest BCUT2D eigenvalue weighted by Crippen LogP contribution is -2.10. The summed E-state index contributed by atoms with van der Waals surface area (Å²) in [6.07, 6.45) is 0. The Morgan fingerprint density at radius 1 is 0.234 bits per heavy atom. The zero-order valence-electron chi connectivity index (χ0n) is 35.1. The van der Waals surface area contributed by atoms with Crippen molar-refractivity contribution in [3.8, 4) is 50.2 Å². The summed E-state index contributed by atoms with van der Waals surface area (Å²) >= 11 is 0. The zero-order valence-corrected chi connectivity index (χ0v) is 35.1. The Labute approximate surface area is 373 Å². The van der Waals surface area contributed by atoms with Crippen LogP contribution >= 0.6 is 0 Å². The van der Waals surface area contributed by atoms with Gasteiger partial charge in [-0.1, -0.05) is 194 Å². The SMILES string of the molecule is c1ccc(-c2ccc(-c3ccc(N(c4ccc(-c5ccc(-c6cccc7ccccc67)cc5)cc4)c4ccc(-n5c6ccccc6c6ccccc65)cc4)cc3)c3ccccc23)cc1. The molecule has 0 fully saturated rings. The van der Waals surface area contributed by atoms with Crippen LogP contribution in [0.4, 0.5) is 17.1 Å². The molecule has 300 valence electrons. The number of rotatable bonds is 8. The molecule has 1 heterocycles. The number of aromatic nitrogens is 1. The summed E-state index contributed by atoms with van der Waals surface area (Å²) in [5.41, 5.74) is 16.5. The van der Waals surface area contributed by atoms with Crippen molar-refractivity contribution in [2.24, 2.45) is 0 Å². The van der Waals surface area contributed by atoms with Crippen LogP contribution in [0, 0.1) is 0 Å². The molecule has 0 N–H and O–H groups in total. The number of nitrogens with zero attached hydrogens (tertiary/aromatic N) is 2. The molecule has 0 spiro atoms. The van der Waals surface area contributed by atoms with E-state index in [9.17, 15) is 0 Å². The molecular formula is C62H42N2. The van der Waals surface area contributed by atoms with Gasteiger partial charge in [0.15, 0.2) is 0 Å². The van der Waals surface area contributed by atoms with Gasteiger partial charge in [-0.15, -0.1) is 0 Å². The lowest BCUT2D eigenvalue weighted by atomic mass is 9.92. The maximum absolute atomic E-state index is 2.38. The predicted octanol–water partition coefficient (Wildman–Crippen LogP) is 17.2. The average molecular weight is 815 g/mol. The minimum atomic E-state index is 1.09. The van der Waals surface area contributed by atoms with Gasteiger partial charge in [-0.2, -0.15) is 0 Å². The molecule has 0 atom stereocenters. The second kappa shape index (κ2) is 15.8. The molecule has 0 bridgehead atoms. The molecule has 11 aromatic carbocycles. The fourth-order valence-corrected chi connectivity index (χ4v) is 9.73. The fraction of sp³-hybridized carbons (Fsp3) is 0. The van der Waals surface area contributed by atoms with Crippen LogP contribution in [0.2, 0.25) is 0 Å². The first-order valence-corrected chi connectivity index (χ1v) is 22.0. The van der Waals surface area contributed by atoms with Gasteiger partial charge >= 0.3 is 0 Å². The van der Waals surface area contributed by atoms with E-state index in [1.54, 1.807) is 0 Å². The average Bonchev–Trinajstić information content (AvgIpc) is 3.71. The fourth-order valence-electron chi connectivity index (χ4n) is 9.73. The van der Waals surface area contributed by atoms with Gasteiger partial charge in [0, 0.05) is 33.5 Å². The lowest BCUT2D eigenvalue weighted by molar-refractivity contribution is 1.17. The van der Waals surface area contributed by atoms with Gasteiger partial charge < -0.3 is 9.47 Å². The first kappa shape index (κ1) is 37.3. The first-order valence-electron chi connectivity index (χ1n) is 22.0. The van der Waals surface area contributed by atoms with E-state index in [0.717, 1.165) is 22.7 Å². The molecular weight excluding hydrogens is 773 g/mol. The quantitative estimate of drug-likeness (QED) is 0.148. The summed E-state index contributed by atoms with van der Waals surface area (Å²) < 4.78 is 2.38. The van der Waals surface area contributed by atoms with Crippen LogP contribution in [0.15, 0.2) is 255 Å². The highest BCUT2D eigenvalue weighted by Crippen LogP contribution is 2.41. The Kier molecular flexibility index (Phi) is 9.20. The Balaban J connectivity index is 0.921. The van der Waals surface area contributed by atoms with Crippen LogP contribution < -0.4 is 4.90 Å². The van der Waals surface area contributed by atoms with Gasteiger partial charge in [-0.05, 0) is 127 Å². The number of hydrogen-bond acceptors (Lipinski definition) is 1. The van der Waals surface area contributed by atoms with Gasteiger partial charge in [0.2, 0.25) is 0 Å². The van der Waals surface area contributed by atoms with Crippen molar-refractivity contribution in [1.29, 1.82) is 0 Å². The maximum Gasteiger partial charge on any atom is 0.0541 e. The van der Waals surface area contributed by atoms with E-state index in [4.69, 9.17) is 0 Å². The second-order valence-corrected chi connectivity index (χ2v) is 16.5. The third-order valence-corrected chi connectivity index (χ3v) is 12.8. The summed E-state index contributed by atoms with van der Waals surface area (Å²) in [5, 5.41) is 7.54. The predicted molar refractivity (Wildman–Crippen MR) is 272 cm³/mol. The van der Waals surface area contributed by atoms with E-state index in [1.807, 2.05) is 0 Å². The van der Waals surface area contributed by atoms with E-state index in [-0.39, 0.29) is 0 Å². The number of benzene rings is 11. The maximum atomic E-state index is 2.38. The Bertz CT molecular complexity index is 3560. The van der Waals surface area contributed by atoms with Crippen LogP contribution in [-0.2, 0) is 0 Å². The van der Waals surface area contributed by atoms with E-state index < -0.39 is 0 Å². The normalized spacial score (nSPS) is 11.4. The molecule has 0 aliphatic rings. The number of anilines is 3. The van der Waals surface area contributed by atoms with E-state index in [0.29, 0.717) is 0 Å². The zero-order chi connectivity index (χ0) is 42.4. The van der Waals surface area contributed by atoms with Crippen LogP contribution in [0.25, 0.3) is 93.5 Å². The largest absolute Gasteiger partial charge is 0.311 e. The van der Waals surface area contributed by atoms with Crippen molar-refractivity contribution in [2.45, 2.75) is 0 Å². The van der Waals surface area contributed by atoms with Crippen LogP contribution in [-0.4, -0.2) is 4.57 Å². The third-order valence-electron chi connectivity index (χ3n) is 12.8. The summed E-state index contributed by atoms with van der Waals surface area (Å²) in [6.45, 7) is 0. The molecule has 64 heavy (non-hydrogen) atoms. The number of hydrogen-bond donors (Lipinski definition) is 0. The topological polar surface area (TPSA) is 8.17 Å². The van der Waals surface area contributed by atoms with Crippen LogP contribution in [0.5, 0.6) is 0 Å². The van der Waals surface area contributed by atoms with Crippen molar-refractivity contribution < 1.29 is 0 Å². The molecule has 0 aliphatic heterocycles. The van der Waals surface area contributed by atoms with Gasteiger partial charge in [0.25, 0.3) is 0 Å². The van der Waals surface area contributed by atoms with Crippen molar-refractivity contribution in [3.63, 3.8) is 0 Å². The van der Waals surface area contributed by atoms with Crippen molar-refractivity contribution in [1.82, 2.24) is 4.57 Å². The second-order valence-electron chi connectivity index (χ2n) is 16.5. The highest BCUT2D eigenvalue weighted by Gasteiger charge is 2.17. The Hall–Kier alpha value is -8.46. The van der Waals surface area contributed by atoms with Gasteiger partial charge in [0.1, 0.15) is 0 Å². The van der Waals surface area contributed by atoms with Crippen LogP contribution in [0.1, 0.15) is 0 Å². The first-order chi connectivity index (χ1) is 31.7.